The molecule has 0 saturated carbocycles. The summed E-state index contributed by atoms with van der Waals surface area (Å²) >= 11 is 0. The number of hydrogen-bond acceptors (Lipinski definition) is 3. The molecule has 0 aliphatic carbocycles. The highest BCUT2D eigenvalue weighted by molar-refractivity contribution is 5.94. The Balaban J connectivity index is 1.74. The Labute approximate surface area is 169 Å². The van der Waals surface area contributed by atoms with Crippen molar-refractivity contribution in [2.75, 3.05) is 6.61 Å². The lowest BCUT2D eigenvalue weighted by atomic mass is 10.0. The topological polar surface area (TPSA) is 67.2 Å². The molecule has 4 aromatic rings. The van der Waals surface area contributed by atoms with Crippen LogP contribution >= 0.6 is 0 Å². The molecule has 4 rings (SSSR count). The zero-order chi connectivity index (χ0) is 20.1. The maximum absolute atomic E-state index is 12.9. The second-order valence-corrected chi connectivity index (χ2v) is 6.92. The third kappa shape index (κ3) is 4.20. The number of hydrogen-bond donors (Lipinski definition) is 2. The van der Waals surface area contributed by atoms with E-state index in [1.807, 2.05) is 77.4 Å². The zero-order valence-electron chi connectivity index (χ0n) is 16.0. The standard InChI is InChI=1S/C24H23N3O2/c28-16-15-27-22-14-8-7-13-20(22)25-23(27)21(17-18-9-3-1-4-10-18)26-24(29)19-11-5-2-6-12-19/h1-14,21,28H,15-17H2,(H,26,29). The van der Waals surface area contributed by atoms with E-state index < -0.39 is 0 Å². The van der Waals surface area contributed by atoms with Gasteiger partial charge in [-0.05, 0) is 36.2 Å². The number of carbonyl (C=O) groups excluding carboxylic acids is 1. The van der Waals surface area contributed by atoms with Crippen LogP contribution in [0.15, 0.2) is 84.9 Å². The van der Waals surface area contributed by atoms with Gasteiger partial charge in [-0.3, -0.25) is 4.79 Å². The van der Waals surface area contributed by atoms with Gasteiger partial charge in [0.05, 0.1) is 23.7 Å². The van der Waals surface area contributed by atoms with E-state index in [1.54, 1.807) is 12.1 Å². The number of carbonyl (C=O) groups is 1. The maximum atomic E-state index is 12.9. The highest BCUT2D eigenvalue weighted by atomic mass is 16.3. The van der Waals surface area contributed by atoms with E-state index in [4.69, 9.17) is 4.98 Å². The van der Waals surface area contributed by atoms with Crippen molar-refractivity contribution in [2.24, 2.45) is 0 Å². The summed E-state index contributed by atoms with van der Waals surface area (Å²) < 4.78 is 1.99. The first kappa shape index (κ1) is 18.9. The minimum atomic E-state index is -0.330. The van der Waals surface area contributed by atoms with E-state index >= 15 is 0 Å². The molecule has 1 amide bonds. The molecule has 0 spiro atoms. The minimum Gasteiger partial charge on any atom is -0.395 e. The maximum Gasteiger partial charge on any atom is 0.251 e. The lowest BCUT2D eigenvalue weighted by Crippen LogP contribution is -2.32. The molecule has 0 fully saturated rings. The van der Waals surface area contributed by atoms with Gasteiger partial charge in [-0.1, -0.05) is 60.7 Å². The van der Waals surface area contributed by atoms with Gasteiger partial charge in [0.2, 0.25) is 0 Å². The quantitative estimate of drug-likeness (QED) is 0.509. The molecule has 1 unspecified atom stereocenters. The Kier molecular flexibility index (Phi) is 5.68. The molecular formula is C24H23N3O2. The van der Waals surface area contributed by atoms with E-state index in [9.17, 15) is 9.90 Å². The van der Waals surface area contributed by atoms with Crippen LogP contribution in [0.2, 0.25) is 0 Å². The summed E-state index contributed by atoms with van der Waals surface area (Å²) in [7, 11) is 0. The number of aliphatic hydroxyl groups is 1. The van der Waals surface area contributed by atoms with Gasteiger partial charge in [-0.15, -0.1) is 0 Å². The highest BCUT2D eigenvalue weighted by Gasteiger charge is 2.23. The fourth-order valence-corrected chi connectivity index (χ4v) is 3.58. The molecular weight excluding hydrogens is 362 g/mol. The predicted molar refractivity (Wildman–Crippen MR) is 114 cm³/mol. The van der Waals surface area contributed by atoms with E-state index in [2.05, 4.69) is 5.32 Å². The van der Waals surface area contributed by atoms with Gasteiger partial charge >= 0.3 is 0 Å². The number of aliphatic hydroxyl groups excluding tert-OH is 1. The minimum absolute atomic E-state index is 0.00194. The molecule has 1 aromatic heterocycles. The predicted octanol–water partition coefficient (Wildman–Crippen LogP) is 3.74. The van der Waals surface area contributed by atoms with Crippen molar-refractivity contribution in [3.63, 3.8) is 0 Å². The third-order valence-corrected chi connectivity index (χ3v) is 4.94. The molecule has 0 aliphatic rings. The molecule has 5 heteroatoms. The van der Waals surface area contributed by atoms with Crippen LogP contribution in [-0.4, -0.2) is 27.2 Å². The molecule has 146 valence electrons. The summed E-state index contributed by atoms with van der Waals surface area (Å²) in [5.41, 5.74) is 3.51. The van der Waals surface area contributed by atoms with E-state index in [-0.39, 0.29) is 18.6 Å². The molecule has 1 atom stereocenters. The molecule has 3 aromatic carbocycles. The Morgan fingerprint density at radius 1 is 0.931 bits per heavy atom. The van der Waals surface area contributed by atoms with Gasteiger partial charge in [0, 0.05) is 12.1 Å². The first-order chi connectivity index (χ1) is 14.3. The van der Waals surface area contributed by atoms with E-state index in [0.29, 0.717) is 18.5 Å². The zero-order valence-corrected chi connectivity index (χ0v) is 16.0. The average Bonchev–Trinajstić information content (AvgIpc) is 3.13. The first-order valence-corrected chi connectivity index (χ1v) is 9.72. The molecule has 0 saturated heterocycles. The molecule has 1 heterocycles. The molecule has 5 nitrogen and oxygen atoms in total. The number of benzene rings is 3. The summed E-state index contributed by atoms with van der Waals surface area (Å²) in [5, 5.41) is 12.8. The number of aromatic nitrogens is 2. The monoisotopic (exact) mass is 385 g/mol. The summed E-state index contributed by atoms with van der Waals surface area (Å²) in [5.74, 6) is 0.600. The average molecular weight is 385 g/mol. The van der Waals surface area contributed by atoms with Gasteiger partial charge < -0.3 is 15.0 Å². The summed E-state index contributed by atoms with van der Waals surface area (Å²) in [6.07, 6.45) is 0.605. The van der Waals surface area contributed by atoms with Crippen LogP contribution < -0.4 is 5.32 Å². The Morgan fingerprint density at radius 3 is 2.31 bits per heavy atom. The molecule has 0 bridgehead atoms. The van der Waals surface area contributed by atoms with E-state index in [1.165, 1.54) is 0 Å². The van der Waals surface area contributed by atoms with Gasteiger partial charge in [0.15, 0.2) is 0 Å². The van der Waals surface area contributed by atoms with Gasteiger partial charge in [0.1, 0.15) is 5.82 Å². The van der Waals surface area contributed by atoms with Crippen LogP contribution in [-0.2, 0) is 13.0 Å². The summed E-state index contributed by atoms with van der Waals surface area (Å²) in [4.78, 5) is 17.7. The largest absolute Gasteiger partial charge is 0.395 e. The normalized spacial score (nSPS) is 12.0. The van der Waals surface area contributed by atoms with Crippen molar-refractivity contribution >= 4 is 16.9 Å². The molecule has 0 aliphatic heterocycles. The van der Waals surface area contributed by atoms with Crippen molar-refractivity contribution < 1.29 is 9.90 Å². The lowest BCUT2D eigenvalue weighted by Gasteiger charge is -2.20. The van der Waals surface area contributed by atoms with Crippen LogP contribution in [0.3, 0.4) is 0 Å². The van der Waals surface area contributed by atoms with Gasteiger partial charge in [-0.25, -0.2) is 4.98 Å². The number of rotatable bonds is 7. The lowest BCUT2D eigenvalue weighted by molar-refractivity contribution is 0.0934. The van der Waals surface area contributed by atoms with E-state index in [0.717, 1.165) is 22.4 Å². The molecule has 2 N–H and O–H groups in total. The van der Waals surface area contributed by atoms with Crippen LogP contribution in [0.25, 0.3) is 11.0 Å². The van der Waals surface area contributed by atoms with Gasteiger partial charge in [-0.2, -0.15) is 0 Å². The highest BCUT2D eigenvalue weighted by Crippen LogP contribution is 2.24. The summed E-state index contributed by atoms with van der Waals surface area (Å²) in [6.45, 7) is 0.417. The number of nitrogens with one attached hydrogen (secondary N) is 1. The number of imidazole rings is 1. The number of amides is 1. The van der Waals surface area contributed by atoms with Crippen molar-refractivity contribution in [2.45, 2.75) is 19.0 Å². The van der Waals surface area contributed by atoms with Crippen LogP contribution in [0.4, 0.5) is 0 Å². The fraction of sp³-hybridized carbons (Fsp3) is 0.167. The number of fused-ring (bicyclic) bond motifs is 1. The Bertz CT molecular complexity index is 1090. The van der Waals surface area contributed by atoms with Crippen molar-refractivity contribution in [3.8, 4) is 0 Å². The Morgan fingerprint density at radius 2 is 1.59 bits per heavy atom. The molecule has 0 radical (unpaired) electrons. The SMILES string of the molecule is O=C(NC(Cc1ccccc1)c1nc2ccccc2n1CCO)c1ccccc1. The summed E-state index contributed by atoms with van der Waals surface area (Å²) in [6, 6.07) is 26.7. The number of para-hydroxylation sites is 2. The van der Waals surface area contributed by atoms with Crippen LogP contribution in [0.1, 0.15) is 27.8 Å². The Hall–Kier alpha value is -3.44. The third-order valence-electron chi connectivity index (χ3n) is 4.94. The van der Waals surface area contributed by atoms with Crippen molar-refractivity contribution in [1.82, 2.24) is 14.9 Å². The van der Waals surface area contributed by atoms with Crippen LogP contribution in [0.5, 0.6) is 0 Å². The fourth-order valence-electron chi connectivity index (χ4n) is 3.58. The van der Waals surface area contributed by atoms with Crippen LogP contribution in [0, 0.1) is 0 Å². The smallest absolute Gasteiger partial charge is 0.251 e. The van der Waals surface area contributed by atoms with Crippen molar-refractivity contribution in [3.05, 3.63) is 102 Å². The first-order valence-electron chi connectivity index (χ1n) is 9.72. The second kappa shape index (κ2) is 8.71. The molecule has 29 heavy (non-hydrogen) atoms. The second-order valence-electron chi connectivity index (χ2n) is 6.92. The van der Waals surface area contributed by atoms with Crippen molar-refractivity contribution in [1.29, 1.82) is 0 Å². The van der Waals surface area contributed by atoms with Gasteiger partial charge in [0.25, 0.3) is 5.91 Å². The number of nitrogens with zero attached hydrogens (tertiary/aromatic N) is 2.